The molecule has 116 valence electrons. The smallest absolute Gasteiger partial charge is 0.273 e. The van der Waals surface area contributed by atoms with E-state index in [1.54, 1.807) is 12.1 Å². The van der Waals surface area contributed by atoms with Crippen LogP contribution >= 0.6 is 11.6 Å². The zero-order valence-electron chi connectivity index (χ0n) is 12.9. The van der Waals surface area contributed by atoms with Gasteiger partial charge in [0.2, 0.25) is 0 Å². The normalized spacial score (nSPS) is 10.6. The fourth-order valence-electron chi connectivity index (χ4n) is 2.22. The summed E-state index contributed by atoms with van der Waals surface area (Å²) >= 11 is 6.14. The van der Waals surface area contributed by atoms with Gasteiger partial charge in [-0.15, -0.1) is 0 Å². The van der Waals surface area contributed by atoms with E-state index in [1.807, 2.05) is 50.2 Å². The first kappa shape index (κ1) is 15.3. The van der Waals surface area contributed by atoms with Crippen LogP contribution in [-0.4, -0.2) is 16.1 Å². The van der Waals surface area contributed by atoms with Crippen LogP contribution in [0.5, 0.6) is 0 Å². The number of rotatable bonds is 3. The molecule has 23 heavy (non-hydrogen) atoms. The molecule has 0 saturated carbocycles. The van der Waals surface area contributed by atoms with Crippen LogP contribution in [0.4, 0.5) is 5.69 Å². The minimum absolute atomic E-state index is 0.276. The van der Waals surface area contributed by atoms with E-state index in [-0.39, 0.29) is 5.91 Å². The van der Waals surface area contributed by atoms with E-state index in [0.717, 1.165) is 16.8 Å². The highest BCUT2D eigenvalue weighted by Crippen LogP contribution is 2.24. The summed E-state index contributed by atoms with van der Waals surface area (Å²) in [6, 6.07) is 15.2. The second-order valence-electron chi connectivity index (χ2n) is 5.47. The van der Waals surface area contributed by atoms with Crippen molar-refractivity contribution in [3.05, 3.63) is 70.4 Å². The van der Waals surface area contributed by atoms with Gasteiger partial charge in [0.25, 0.3) is 5.91 Å². The first-order valence-electron chi connectivity index (χ1n) is 7.23. The molecular formula is C18H16ClN3O. The molecule has 0 aliphatic rings. The number of hydrogen-bond acceptors (Lipinski definition) is 2. The quantitative estimate of drug-likeness (QED) is 0.739. The second-order valence-corrected chi connectivity index (χ2v) is 5.88. The Balaban J connectivity index is 1.79. The Kier molecular flexibility index (Phi) is 4.17. The SMILES string of the molecule is Cc1ccc(-c2cc(C(=O)Nc3ccc(C)cc3Cl)[nH]n2)cc1. The van der Waals surface area contributed by atoms with Gasteiger partial charge in [-0.1, -0.05) is 47.5 Å². The van der Waals surface area contributed by atoms with Crippen molar-refractivity contribution < 1.29 is 4.79 Å². The highest BCUT2D eigenvalue weighted by Gasteiger charge is 2.12. The fraction of sp³-hybridized carbons (Fsp3) is 0.111. The summed E-state index contributed by atoms with van der Waals surface area (Å²) in [5.74, 6) is -0.276. The molecule has 0 radical (unpaired) electrons. The highest BCUT2D eigenvalue weighted by molar-refractivity contribution is 6.34. The average Bonchev–Trinajstić information content (AvgIpc) is 3.01. The zero-order chi connectivity index (χ0) is 16.4. The molecule has 0 fully saturated rings. The molecule has 2 aromatic carbocycles. The van der Waals surface area contributed by atoms with E-state index in [9.17, 15) is 4.79 Å². The molecule has 0 unspecified atom stereocenters. The summed E-state index contributed by atoms with van der Waals surface area (Å²) in [5, 5.41) is 10.3. The topological polar surface area (TPSA) is 57.8 Å². The monoisotopic (exact) mass is 325 g/mol. The number of halogens is 1. The molecule has 0 aliphatic heterocycles. The van der Waals surface area contributed by atoms with Crippen molar-refractivity contribution in [1.82, 2.24) is 10.2 Å². The summed E-state index contributed by atoms with van der Waals surface area (Å²) in [6.07, 6.45) is 0. The van der Waals surface area contributed by atoms with Crippen molar-refractivity contribution >= 4 is 23.2 Å². The molecule has 5 heteroatoms. The molecule has 0 aliphatic carbocycles. The number of H-pyrrole nitrogens is 1. The van der Waals surface area contributed by atoms with Crippen LogP contribution in [0.3, 0.4) is 0 Å². The van der Waals surface area contributed by atoms with Crippen molar-refractivity contribution in [3.8, 4) is 11.3 Å². The summed E-state index contributed by atoms with van der Waals surface area (Å²) in [5.41, 5.74) is 4.86. The van der Waals surface area contributed by atoms with Crippen LogP contribution in [0.25, 0.3) is 11.3 Å². The lowest BCUT2D eigenvalue weighted by Crippen LogP contribution is -2.12. The minimum atomic E-state index is -0.276. The Bertz CT molecular complexity index is 853. The number of carbonyl (C=O) groups excluding carboxylic acids is 1. The molecule has 3 rings (SSSR count). The summed E-state index contributed by atoms with van der Waals surface area (Å²) in [7, 11) is 0. The standard InChI is InChI=1S/C18H16ClN3O/c1-11-3-6-13(7-4-11)16-10-17(22-21-16)18(23)20-15-8-5-12(2)9-14(15)19/h3-10H,1-2H3,(H,20,23)(H,21,22). The summed E-state index contributed by atoms with van der Waals surface area (Å²) in [6.45, 7) is 3.97. The van der Waals surface area contributed by atoms with Crippen LogP contribution in [0.15, 0.2) is 48.5 Å². The Morgan fingerprint density at radius 3 is 2.43 bits per heavy atom. The molecule has 0 spiro atoms. The third-order valence-corrected chi connectivity index (χ3v) is 3.86. The van der Waals surface area contributed by atoms with Gasteiger partial charge in [0.15, 0.2) is 0 Å². The van der Waals surface area contributed by atoms with Gasteiger partial charge in [-0.3, -0.25) is 9.89 Å². The predicted molar refractivity (Wildman–Crippen MR) is 92.9 cm³/mol. The van der Waals surface area contributed by atoms with Crippen LogP contribution in [-0.2, 0) is 0 Å². The number of amides is 1. The number of nitrogens with zero attached hydrogens (tertiary/aromatic N) is 1. The Morgan fingerprint density at radius 2 is 1.74 bits per heavy atom. The predicted octanol–water partition coefficient (Wildman–Crippen LogP) is 4.60. The molecule has 0 bridgehead atoms. The molecule has 1 aromatic heterocycles. The Labute approximate surface area is 139 Å². The van der Waals surface area contributed by atoms with Gasteiger partial charge >= 0.3 is 0 Å². The van der Waals surface area contributed by atoms with Crippen molar-refractivity contribution in [2.45, 2.75) is 13.8 Å². The minimum Gasteiger partial charge on any atom is -0.319 e. The van der Waals surface area contributed by atoms with Gasteiger partial charge < -0.3 is 5.32 Å². The van der Waals surface area contributed by atoms with Crippen molar-refractivity contribution in [2.24, 2.45) is 0 Å². The number of carbonyl (C=O) groups is 1. The average molecular weight is 326 g/mol. The van der Waals surface area contributed by atoms with Crippen molar-refractivity contribution in [1.29, 1.82) is 0 Å². The molecule has 4 nitrogen and oxygen atoms in total. The number of aryl methyl sites for hydroxylation is 2. The fourth-order valence-corrected chi connectivity index (χ4v) is 2.50. The number of hydrogen-bond donors (Lipinski definition) is 2. The molecule has 2 N–H and O–H groups in total. The van der Waals surface area contributed by atoms with Crippen LogP contribution in [0.1, 0.15) is 21.6 Å². The number of benzene rings is 2. The number of aromatic amines is 1. The lowest BCUT2D eigenvalue weighted by molar-refractivity contribution is 0.102. The lowest BCUT2D eigenvalue weighted by atomic mass is 10.1. The van der Waals surface area contributed by atoms with E-state index in [2.05, 4.69) is 15.5 Å². The van der Waals surface area contributed by atoms with E-state index >= 15 is 0 Å². The molecule has 0 atom stereocenters. The van der Waals surface area contributed by atoms with Gasteiger partial charge in [-0.25, -0.2) is 0 Å². The van der Waals surface area contributed by atoms with Crippen LogP contribution in [0, 0.1) is 13.8 Å². The van der Waals surface area contributed by atoms with Gasteiger partial charge in [0.1, 0.15) is 5.69 Å². The van der Waals surface area contributed by atoms with E-state index < -0.39 is 0 Å². The first-order valence-corrected chi connectivity index (χ1v) is 7.61. The molecule has 0 saturated heterocycles. The number of aromatic nitrogens is 2. The maximum atomic E-state index is 12.3. The maximum absolute atomic E-state index is 12.3. The van der Waals surface area contributed by atoms with Gasteiger partial charge in [-0.2, -0.15) is 5.10 Å². The van der Waals surface area contributed by atoms with Gasteiger partial charge in [-0.05, 0) is 37.6 Å². The lowest BCUT2D eigenvalue weighted by Gasteiger charge is -2.06. The maximum Gasteiger partial charge on any atom is 0.273 e. The third kappa shape index (κ3) is 3.43. The largest absolute Gasteiger partial charge is 0.319 e. The first-order chi connectivity index (χ1) is 11.0. The summed E-state index contributed by atoms with van der Waals surface area (Å²) < 4.78 is 0. The molecule has 1 amide bonds. The molecular weight excluding hydrogens is 310 g/mol. The Hall–Kier alpha value is -2.59. The van der Waals surface area contributed by atoms with E-state index in [1.165, 1.54) is 5.56 Å². The van der Waals surface area contributed by atoms with Gasteiger partial charge in [0, 0.05) is 5.56 Å². The van der Waals surface area contributed by atoms with Crippen LogP contribution in [0.2, 0.25) is 5.02 Å². The van der Waals surface area contributed by atoms with Crippen LogP contribution < -0.4 is 5.32 Å². The van der Waals surface area contributed by atoms with Crippen molar-refractivity contribution in [2.75, 3.05) is 5.32 Å². The number of anilines is 1. The number of nitrogens with one attached hydrogen (secondary N) is 2. The van der Waals surface area contributed by atoms with E-state index in [0.29, 0.717) is 16.4 Å². The highest BCUT2D eigenvalue weighted by atomic mass is 35.5. The van der Waals surface area contributed by atoms with Crippen molar-refractivity contribution in [3.63, 3.8) is 0 Å². The molecule has 1 heterocycles. The second kappa shape index (κ2) is 6.26. The third-order valence-electron chi connectivity index (χ3n) is 3.54. The Morgan fingerprint density at radius 1 is 1.04 bits per heavy atom. The zero-order valence-corrected chi connectivity index (χ0v) is 13.6. The summed E-state index contributed by atoms with van der Waals surface area (Å²) in [4.78, 5) is 12.3. The molecule has 3 aromatic rings. The van der Waals surface area contributed by atoms with Gasteiger partial charge in [0.05, 0.1) is 16.4 Å². The van der Waals surface area contributed by atoms with E-state index in [4.69, 9.17) is 11.6 Å².